The van der Waals surface area contributed by atoms with E-state index in [0.29, 0.717) is 6.61 Å². The molecule has 0 saturated carbocycles. The van der Waals surface area contributed by atoms with Crippen molar-refractivity contribution in [1.82, 2.24) is 4.90 Å². The molecule has 0 unspecified atom stereocenters. The molecule has 0 bridgehead atoms. The molecule has 2 fully saturated rings. The van der Waals surface area contributed by atoms with Crippen molar-refractivity contribution < 1.29 is 13.9 Å². The Morgan fingerprint density at radius 2 is 2.40 bits per heavy atom. The molecule has 2 atom stereocenters. The van der Waals surface area contributed by atoms with Gasteiger partial charge in [-0.25, -0.2) is 4.39 Å². The number of rotatable bonds is 3. The van der Waals surface area contributed by atoms with Gasteiger partial charge >= 0.3 is 0 Å². The second-order valence-corrected chi connectivity index (χ2v) is 4.54. The quantitative estimate of drug-likeness (QED) is 0.709. The molecule has 0 radical (unpaired) electrons. The summed E-state index contributed by atoms with van der Waals surface area (Å²) in [6.45, 7) is 2.26. The van der Waals surface area contributed by atoms with Crippen LogP contribution in [-0.2, 0) is 9.47 Å². The highest BCUT2D eigenvalue weighted by Crippen LogP contribution is 2.42. The molecule has 2 heterocycles. The zero-order valence-electron chi connectivity index (χ0n) is 9.33. The van der Waals surface area contributed by atoms with Gasteiger partial charge in [-0.3, -0.25) is 4.90 Å². The molecule has 3 nitrogen and oxygen atoms in total. The van der Waals surface area contributed by atoms with Crippen molar-refractivity contribution in [1.29, 1.82) is 0 Å². The van der Waals surface area contributed by atoms with Crippen molar-refractivity contribution in [3.05, 3.63) is 11.9 Å². The van der Waals surface area contributed by atoms with E-state index in [2.05, 4.69) is 4.90 Å². The van der Waals surface area contributed by atoms with E-state index >= 15 is 0 Å². The lowest BCUT2D eigenvalue weighted by Gasteiger charge is -2.30. The Bertz CT molecular complexity index is 269. The molecule has 0 aliphatic carbocycles. The van der Waals surface area contributed by atoms with Crippen molar-refractivity contribution >= 4 is 0 Å². The largest absolute Gasteiger partial charge is 0.383 e. The molecular weight excluding hydrogens is 197 g/mol. The third-order valence-electron chi connectivity index (χ3n) is 3.55. The van der Waals surface area contributed by atoms with E-state index in [9.17, 15) is 4.39 Å². The van der Waals surface area contributed by atoms with Gasteiger partial charge in [-0.05, 0) is 18.4 Å². The molecule has 15 heavy (non-hydrogen) atoms. The average molecular weight is 215 g/mol. The first-order chi connectivity index (χ1) is 7.24. The summed E-state index contributed by atoms with van der Waals surface area (Å²) in [4.78, 5) is 2.29. The molecule has 2 saturated heterocycles. The highest BCUT2D eigenvalue weighted by molar-refractivity contribution is 5.20. The van der Waals surface area contributed by atoms with Crippen LogP contribution in [0.4, 0.5) is 4.39 Å². The first kappa shape index (κ1) is 11.0. The van der Waals surface area contributed by atoms with Crippen molar-refractivity contribution in [3.8, 4) is 0 Å². The lowest BCUT2D eigenvalue weighted by molar-refractivity contribution is 0.0635. The second kappa shape index (κ2) is 4.20. The van der Waals surface area contributed by atoms with E-state index in [1.165, 1.54) is 0 Å². The van der Waals surface area contributed by atoms with Gasteiger partial charge in [0.15, 0.2) is 0 Å². The first-order valence-corrected chi connectivity index (χ1v) is 5.29. The fourth-order valence-corrected chi connectivity index (χ4v) is 2.90. The summed E-state index contributed by atoms with van der Waals surface area (Å²) in [6.07, 6.45) is 2.73. The van der Waals surface area contributed by atoms with Crippen molar-refractivity contribution in [3.63, 3.8) is 0 Å². The van der Waals surface area contributed by atoms with Crippen molar-refractivity contribution in [2.75, 3.05) is 33.9 Å². The first-order valence-electron chi connectivity index (χ1n) is 5.29. The Morgan fingerprint density at radius 1 is 1.60 bits per heavy atom. The Labute approximate surface area is 89.8 Å². The second-order valence-electron chi connectivity index (χ2n) is 4.54. The van der Waals surface area contributed by atoms with E-state index in [1.54, 1.807) is 14.2 Å². The van der Waals surface area contributed by atoms with Crippen LogP contribution in [0.2, 0.25) is 0 Å². The van der Waals surface area contributed by atoms with Crippen LogP contribution in [-0.4, -0.2) is 50.5 Å². The Kier molecular flexibility index (Phi) is 3.09. The highest BCUT2D eigenvalue weighted by Gasteiger charge is 2.50. The van der Waals surface area contributed by atoms with Crippen molar-refractivity contribution in [2.24, 2.45) is 0 Å². The summed E-state index contributed by atoms with van der Waals surface area (Å²) in [7, 11) is 3.43. The zero-order valence-corrected chi connectivity index (χ0v) is 9.33. The molecule has 0 N–H and O–H groups in total. The topological polar surface area (TPSA) is 21.7 Å². The number of nitrogens with zero attached hydrogens (tertiary/aromatic N) is 1. The van der Waals surface area contributed by atoms with Gasteiger partial charge in [0.05, 0.1) is 24.6 Å². The Hall–Kier alpha value is -0.450. The summed E-state index contributed by atoms with van der Waals surface area (Å²) in [5.74, 6) is 0. The minimum absolute atomic E-state index is 0.0205. The molecule has 2 rings (SSSR count). The maximum absolute atomic E-state index is 12.5. The maximum Gasteiger partial charge on any atom is 0.0872 e. The molecule has 0 aromatic rings. The average Bonchev–Trinajstić information content (AvgIpc) is 2.70. The van der Waals surface area contributed by atoms with Crippen LogP contribution in [0.15, 0.2) is 11.9 Å². The fraction of sp³-hybridized carbons (Fsp3) is 0.818. The summed E-state index contributed by atoms with van der Waals surface area (Å²) in [5, 5.41) is 0. The third-order valence-corrected chi connectivity index (χ3v) is 3.55. The van der Waals surface area contributed by atoms with E-state index in [0.717, 1.165) is 37.8 Å². The van der Waals surface area contributed by atoms with Crippen molar-refractivity contribution in [2.45, 2.75) is 24.5 Å². The predicted molar refractivity (Wildman–Crippen MR) is 55.4 cm³/mol. The van der Waals surface area contributed by atoms with Gasteiger partial charge in [0.1, 0.15) is 0 Å². The van der Waals surface area contributed by atoms with Crippen LogP contribution >= 0.6 is 0 Å². The van der Waals surface area contributed by atoms with Crippen LogP contribution in [0.3, 0.4) is 0 Å². The van der Waals surface area contributed by atoms with E-state index in [1.807, 2.05) is 0 Å². The van der Waals surface area contributed by atoms with Gasteiger partial charge in [0.2, 0.25) is 0 Å². The molecule has 2 aliphatic rings. The third kappa shape index (κ3) is 1.82. The lowest BCUT2D eigenvalue weighted by Crippen LogP contribution is -2.42. The summed E-state index contributed by atoms with van der Waals surface area (Å²) in [6, 6.07) is 0. The van der Waals surface area contributed by atoms with Crippen LogP contribution in [0, 0.1) is 0 Å². The van der Waals surface area contributed by atoms with Crippen LogP contribution in [0.25, 0.3) is 0 Å². The van der Waals surface area contributed by atoms with Gasteiger partial charge in [-0.15, -0.1) is 0 Å². The highest BCUT2D eigenvalue weighted by atomic mass is 19.1. The smallest absolute Gasteiger partial charge is 0.0872 e. The van der Waals surface area contributed by atoms with Crippen LogP contribution < -0.4 is 0 Å². The SMILES string of the molecule is COC[C@]12C/C(=C/F)CN1C[C@@H](OC)C2. The summed E-state index contributed by atoms with van der Waals surface area (Å²) < 4.78 is 23.2. The van der Waals surface area contributed by atoms with Gasteiger partial charge in [-0.2, -0.15) is 0 Å². The molecule has 2 aliphatic heterocycles. The molecule has 0 aromatic heterocycles. The lowest BCUT2D eigenvalue weighted by atomic mass is 9.93. The van der Waals surface area contributed by atoms with Gasteiger partial charge in [0.25, 0.3) is 0 Å². The fourth-order valence-electron chi connectivity index (χ4n) is 2.90. The molecule has 0 amide bonds. The van der Waals surface area contributed by atoms with Gasteiger partial charge in [0, 0.05) is 27.3 Å². The number of halogens is 1. The van der Waals surface area contributed by atoms with E-state index in [4.69, 9.17) is 9.47 Å². The molecule has 0 aromatic carbocycles. The summed E-state index contributed by atoms with van der Waals surface area (Å²) in [5.41, 5.74) is 0.856. The zero-order chi connectivity index (χ0) is 10.9. The molecule has 86 valence electrons. The predicted octanol–water partition coefficient (Wildman–Crippen LogP) is 1.35. The Balaban J connectivity index is 2.14. The molecule has 4 heteroatoms. The normalized spacial score (nSPS) is 38.9. The number of hydrogen-bond acceptors (Lipinski definition) is 3. The van der Waals surface area contributed by atoms with E-state index < -0.39 is 0 Å². The number of ether oxygens (including phenoxy) is 2. The van der Waals surface area contributed by atoms with Crippen LogP contribution in [0.5, 0.6) is 0 Å². The number of hydrogen-bond donors (Lipinski definition) is 0. The minimum atomic E-state index is -0.0205. The standard InChI is InChI=1S/C11H18FNO2/c1-14-8-11-3-9(5-12)6-13(11)7-10(4-11)15-2/h5,10H,3-4,6-8H2,1-2H3/b9-5-/t10-,11+/m0/s1. The molecular formula is C11H18FNO2. The molecule has 0 spiro atoms. The maximum atomic E-state index is 12.5. The van der Waals surface area contributed by atoms with E-state index in [-0.39, 0.29) is 11.6 Å². The minimum Gasteiger partial charge on any atom is -0.383 e. The number of fused-ring (bicyclic) bond motifs is 1. The Morgan fingerprint density at radius 3 is 3.00 bits per heavy atom. The van der Waals surface area contributed by atoms with Gasteiger partial charge in [-0.1, -0.05) is 0 Å². The summed E-state index contributed by atoms with van der Waals surface area (Å²) >= 11 is 0. The van der Waals surface area contributed by atoms with Crippen LogP contribution in [0.1, 0.15) is 12.8 Å². The number of methoxy groups -OCH3 is 2. The monoisotopic (exact) mass is 215 g/mol. The van der Waals surface area contributed by atoms with Gasteiger partial charge < -0.3 is 9.47 Å².